The second-order valence-corrected chi connectivity index (χ2v) is 5.94. The predicted molar refractivity (Wildman–Crippen MR) is 97.7 cm³/mol. The normalized spacial score (nSPS) is 12.6. The van der Waals surface area contributed by atoms with Gasteiger partial charge in [-0.15, -0.1) is 0 Å². The van der Waals surface area contributed by atoms with E-state index in [4.69, 9.17) is 18.9 Å². The minimum absolute atomic E-state index is 0.0846. The first kappa shape index (κ1) is 19.2. The molecule has 0 unspecified atom stereocenters. The van der Waals surface area contributed by atoms with Crippen LogP contribution in [0.1, 0.15) is 26.3 Å². The fourth-order valence-electron chi connectivity index (χ4n) is 2.94. The van der Waals surface area contributed by atoms with E-state index in [0.717, 1.165) is 4.90 Å². The van der Waals surface area contributed by atoms with Crippen LogP contribution in [0, 0.1) is 0 Å². The second-order valence-electron chi connectivity index (χ2n) is 5.94. The summed E-state index contributed by atoms with van der Waals surface area (Å²) in [5.74, 6) is -0.452. The average molecular weight is 385 g/mol. The zero-order valence-corrected chi connectivity index (χ0v) is 15.7. The van der Waals surface area contributed by atoms with E-state index in [1.165, 1.54) is 21.3 Å². The number of nitrogens with zero attached hydrogens (tertiary/aromatic N) is 1. The van der Waals surface area contributed by atoms with E-state index in [-0.39, 0.29) is 17.7 Å². The number of fused-ring (bicyclic) bond motifs is 1. The molecule has 8 heteroatoms. The van der Waals surface area contributed by atoms with Crippen LogP contribution in [0.2, 0.25) is 0 Å². The molecule has 2 aromatic rings. The van der Waals surface area contributed by atoms with Crippen LogP contribution in [0.5, 0.6) is 17.2 Å². The van der Waals surface area contributed by atoms with Crippen molar-refractivity contribution in [3.63, 3.8) is 0 Å². The summed E-state index contributed by atoms with van der Waals surface area (Å²) in [5, 5.41) is 0. The highest BCUT2D eigenvalue weighted by molar-refractivity contribution is 6.22. The molecule has 1 aliphatic rings. The molecule has 28 heavy (non-hydrogen) atoms. The molecule has 8 nitrogen and oxygen atoms in total. The number of rotatable bonds is 7. The summed E-state index contributed by atoms with van der Waals surface area (Å²) in [4.78, 5) is 37.7. The van der Waals surface area contributed by atoms with Gasteiger partial charge >= 0.3 is 5.97 Å². The number of carbonyl (C=O) groups is 3. The molecule has 0 radical (unpaired) electrons. The van der Waals surface area contributed by atoms with Crippen molar-refractivity contribution in [2.45, 2.75) is 6.61 Å². The molecule has 1 heterocycles. The number of benzene rings is 2. The van der Waals surface area contributed by atoms with Crippen LogP contribution in [-0.4, -0.2) is 50.6 Å². The summed E-state index contributed by atoms with van der Waals surface area (Å²) >= 11 is 0. The lowest BCUT2D eigenvalue weighted by atomic mass is 10.1. The molecule has 0 fully saturated rings. The van der Waals surface area contributed by atoms with Crippen molar-refractivity contribution in [3.05, 3.63) is 53.1 Å². The van der Waals surface area contributed by atoms with Crippen LogP contribution in [0.4, 0.5) is 0 Å². The van der Waals surface area contributed by atoms with Gasteiger partial charge in [0.25, 0.3) is 11.8 Å². The van der Waals surface area contributed by atoms with Gasteiger partial charge in [-0.2, -0.15) is 0 Å². The fraction of sp³-hybridized carbons (Fsp3) is 0.250. The number of esters is 1. The number of imide groups is 1. The first-order valence-corrected chi connectivity index (χ1v) is 8.39. The number of hydrogen-bond acceptors (Lipinski definition) is 7. The van der Waals surface area contributed by atoms with E-state index >= 15 is 0 Å². The lowest BCUT2D eigenvalue weighted by molar-refractivity contribution is -0.145. The van der Waals surface area contributed by atoms with Crippen molar-refractivity contribution < 1.29 is 33.3 Å². The van der Waals surface area contributed by atoms with Crippen molar-refractivity contribution in [2.24, 2.45) is 0 Å². The van der Waals surface area contributed by atoms with Gasteiger partial charge in [0.05, 0.1) is 32.5 Å². The molecule has 0 aliphatic carbocycles. The quantitative estimate of drug-likeness (QED) is 0.532. The summed E-state index contributed by atoms with van der Waals surface area (Å²) < 4.78 is 21.0. The molecule has 0 saturated heterocycles. The van der Waals surface area contributed by atoms with Gasteiger partial charge < -0.3 is 18.9 Å². The molecule has 0 atom stereocenters. The predicted octanol–water partition coefficient (Wildman–Crippen LogP) is 2.05. The van der Waals surface area contributed by atoms with E-state index < -0.39 is 24.3 Å². The minimum atomic E-state index is -0.705. The summed E-state index contributed by atoms with van der Waals surface area (Å²) in [5.41, 5.74) is 1.17. The molecule has 2 amide bonds. The number of methoxy groups -OCH3 is 3. The third-order valence-corrected chi connectivity index (χ3v) is 4.29. The summed E-state index contributed by atoms with van der Waals surface area (Å²) in [7, 11) is 4.45. The van der Waals surface area contributed by atoms with Crippen molar-refractivity contribution in [1.82, 2.24) is 4.90 Å². The van der Waals surface area contributed by atoms with Gasteiger partial charge in [-0.05, 0) is 29.8 Å². The number of amides is 2. The SMILES string of the molecule is COc1cc(COC(=O)CN2C(=O)c3ccccc3C2=O)cc(OC)c1OC. The van der Waals surface area contributed by atoms with Crippen LogP contribution < -0.4 is 14.2 Å². The van der Waals surface area contributed by atoms with Crippen LogP contribution in [0.15, 0.2) is 36.4 Å². The van der Waals surface area contributed by atoms with Crippen molar-refractivity contribution in [3.8, 4) is 17.2 Å². The highest BCUT2D eigenvalue weighted by Crippen LogP contribution is 2.38. The maximum Gasteiger partial charge on any atom is 0.326 e. The van der Waals surface area contributed by atoms with E-state index in [1.54, 1.807) is 36.4 Å². The average Bonchev–Trinajstić information content (AvgIpc) is 2.96. The Morgan fingerprint density at radius 2 is 1.43 bits per heavy atom. The number of ether oxygens (including phenoxy) is 4. The standard InChI is InChI=1S/C20H19NO7/c1-25-15-8-12(9-16(26-2)18(15)27-3)11-28-17(22)10-21-19(23)13-6-4-5-7-14(13)20(21)24/h4-9H,10-11H2,1-3H3. The maximum atomic E-state index is 12.3. The van der Waals surface area contributed by atoms with E-state index in [0.29, 0.717) is 22.8 Å². The largest absolute Gasteiger partial charge is 0.493 e. The Bertz CT molecular complexity index is 878. The van der Waals surface area contributed by atoms with Crippen LogP contribution >= 0.6 is 0 Å². The Balaban J connectivity index is 1.67. The van der Waals surface area contributed by atoms with Crippen molar-refractivity contribution >= 4 is 17.8 Å². The van der Waals surface area contributed by atoms with Gasteiger partial charge in [0, 0.05) is 0 Å². The summed E-state index contributed by atoms with van der Waals surface area (Å²) in [6.45, 7) is -0.546. The van der Waals surface area contributed by atoms with Gasteiger partial charge in [-0.1, -0.05) is 12.1 Å². The zero-order chi connectivity index (χ0) is 20.3. The van der Waals surface area contributed by atoms with Gasteiger partial charge in [0.15, 0.2) is 11.5 Å². The van der Waals surface area contributed by atoms with E-state index in [1.807, 2.05) is 0 Å². The Morgan fingerprint density at radius 1 is 0.893 bits per heavy atom. The molecular formula is C20H19NO7. The fourth-order valence-corrected chi connectivity index (χ4v) is 2.94. The molecule has 1 aliphatic heterocycles. The lowest BCUT2D eigenvalue weighted by Gasteiger charge is -2.15. The van der Waals surface area contributed by atoms with Crippen LogP contribution in [0.3, 0.4) is 0 Å². The van der Waals surface area contributed by atoms with Crippen LogP contribution in [0.25, 0.3) is 0 Å². The summed E-state index contributed by atoms with van der Waals surface area (Å²) in [6, 6.07) is 9.73. The lowest BCUT2D eigenvalue weighted by Crippen LogP contribution is -2.35. The number of hydrogen-bond donors (Lipinski definition) is 0. The summed E-state index contributed by atoms with van der Waals surface area (Å²) in [6.07, 6.45) is 0. The monoisotopic (exact) mass is 385 g/mol. The first-order chi connectivity index (χ1) is 13.5. The first-order valence-electron chi connectivity index (χ1n) is 8.39. The smallest absolute Gasteiger partial charge is 0.326 e. The highest BCUT2D eigenvalue weighted by Gasteiger charge is 2.36. The van der Waals surface area contributed by atoms with Gasteiger partial charge in [-0.25, -0.2) is 0 Å². The van der Waals surface area contributed by atoms with Gasteiger partial charge in [0.2, 0.25) is 5.75 Å². The van der Waals surface area contributed by atoms with Gasteiger partial charge in [-0.3, -0.25) is 19.3 Å². The van der Waals surface area contributed by atoms with Gasteiger partial charge in [0.1, 0.15) is 13.2 Å². The Labute approximate surface area is 161 Å². The topological polar surface area (TPSA) is 91.4 Å². The Hall–Kier alpha value is -3.55. The molecule has 0 saturated carbocycles. The molecule has 2 aromatic carbocycles. The van der Waals surface area contributed by atoms with Crippen LogP contribution in [-0.2, 0) is 16.1 Å². The minimum Gasteiger partial charge on any atom is -0.493 e. The molecular weight excluding hydrogens is 366 g/mol. The molecule has 0 aromatic heterocycles. The third-order valence-electron chi connectivity index (χ3n) is 4.29. The Kier molecular flexibility index (Phi) is 5.49. The highest BCUT2D eigenvalue weighted by atomic mass is 16.5. The van der Waals surface area contributed by atoms with E-state index in [2.05, 4.69) is 0 Å². The molecule has 3 rings (SSSR count). The van der Waals surface area contributed by atoms with E-state index in [9.17, 15) is 14.4 Å². The molecule has 0 spiro atoms. The second kappa shape index (κ2) is 7.99. The Morgan fingerprint density at radius 3 is 1.89 bits per heavy atom. The maximum absolute atomic E-state index is 12.3. The van der Waals surface area contributed by atoms with Crippen molar-refractivity contribution in [2.75, 3.05) is 27.9 Å². The molecule has 146 valence electrons. The van der Waals surface area contributed by atoms with Crippen molar-refractivity contribution in [1.29, 1.82) is 0 Å². The number of carbonyl (C=O) groups excluding carboxylic acids is 3. The third kappa shape index (κ3) is 3.48. The molecule has 0 bridgehead atoms. The zero-order valence-electron chi connectivity index (χ0n) is 15.7. The molecule has 0 N–H and O–H groups in total.